The molecule has 1 aromatic heterocycles. The fourth-order valence-corrected chi connectivity index (χ4v) is 1.85. The topological polar surface area (TPSA) is 65.7 Å². The van der Waals surface area contributed by atoms with Crippen LogP contribution in [0.2, 0.25) is 0 Å². The molecule has 2 aromatic rings. The first kappa shape index (κ1) is 10.0. The van der Waals surface area contributed by atoms with E-state index in [0.717, 1.165) is 5.52 Å². The second-order valence-corrected chi connectivity index (χ2v) is 4.06. The highest BCUT2D eigenvalue weighted by Crippen LogP contribution is 2.12. The van der Waals surface area contributed by atoms with Crippen LogP contribution in [0.5, 0.6) is 0 Å². The van der Waals surface area contributed by atoms with Crippen LogP contribution < -0.4 is 5.69 Å². The lowest BCUT2D eigenvalue weighted by atomic mass is 10.1. The van der Waals surface area contributed by atoms with Crippen LogP contribution in [0.25, 0.3) is 11.0 Å². The monoisotopic (exact) mass is 222 g/mol. The van der Waals surface area contributed by atoms with E-state index in [4.69, 9.17) is 0 Å². The summed E-state index contributed by atoms with van der Waals surface area (Å²) >= 11 is 1.49. The van der Waals surface area contributed by atoms with Gasteiger partial charge in [-0.1, -0.05) is 0 Å². The van der Waals surface area contributed by atoms with Crippen molar-refractivity contribution in [3.8, 4) is 0 Å². The predicted octanol–water partition coefficient (Wildman–Crippen LogP) is 1.40. The number of aromatic nitrogens is 2. The number of Topliss-reactive ketones (excluding diaryl/α,β-unsaturated/α-hetero) is 1. The third-order valence-electron chi connectivity index (χ3n) is 2.11. The first-order valence-electron chi connectivity index (χ1n) is 4.45. The van der Waals surface area contributed by atoms with Crippen LogP contribution in [-0.4, -0.2) is 27.8 Å². The van der Waals surface area contributed by atoms with Crippen molar-refractivity contribution >= 4 is 28.6 Å². The second kappa shape index (κ2) is 3.94. The first-order valence-corrected chi connectivity index (χ1v) is 5.84. The average Bonchev–Trinajstić information content (AvgIpc) is 2.57. The maximum atomic E-state index is 11.6. The molecule has 78 valence electrons. The van der Waals surface area contributed by atoms with E-state index in [1.54, 1.807) is 18.2 Å². The third kappa shape index (κ3) is 1.97. The highest BCUT2D eigenvalue weighted by Gasteiger charge is 2.06. The van der Waals surface area contributed by atoms with Crippen molar-refractivity contribution < 1.29 is 4.79 Å². The number of ketones is 1. The Bertz CT molecular complexity index is 556. The normalized spacial score (nSPS) is 10.7. The molecule has 1 heterocycles. The number of imidazole rings is 1. The van der Waals surface area contributed by atoms with Gasteiger partial charge in [0, 0.05) is 5.56 Å². The molecule has 2 rings (SSSR count). The predicted molar refractivity (Wildman–Crippen MR) is 61.6 cm³/mol. The summed E-state index contributed by atoms with van der Waals surface area (Å²) in [6.07, 6.45) is 1.88. The molecule has 2 N–H and O–H groups in total. The molecular formula is C10H10N2O2S. The lowest BCUT2D eigenvalue weighted by Gasteiger charge is -1.98. The van der Waals surface area contributed by atoms with E-state index in [9.17, 15) is 9.59 Å². The molecule has 0 saturated heterocycles. The number of thioether (sulfide) groups is 1. The van der Waals surface area contributed by atoms with E-state index >= 15 is 0 Å². The highest BCUT2D eigenvalue weighted by molar-refractivity contribution is 7.99. The summed E-state index contributed by atoms with van der Waals surface area (Å²) in [5.41, 5.74) is 1.78. The van der Waals surface area contributed by atoms with E-state index in [-0.39, 0.29) is 11.5 Å². The molecule has 0 aliphatic carbocycles. The van der Waals surface area contributed by atoms with Crippen molar-refractivity contribution in [1.82, 2.24) is 9.97 Å². The van der Waals surface area contributed by atoms with Gasteiger partial charge in [0.2, 0.25) is 0 Å². The van der Waals surface area contributed by atoms with Gasteiger partial charge >= 0.3 is 5.69 Å². The van der Waals surface area contributed by atoms with Gasteiger partial charge in [0.15, 0.2) is 5.78 Å². The van der Waals surface area contributed by atoms with Crippen molar-refractivity contribution in [3.05, 3.63) is 34.2 Å². The summed E-state index contributed by atoms with van der Waals surface area (Å²) in [4.78, 5) is 27.8. The van der Waals surface area contributed by atoms with Crippen LogP contribution in [0.4, 0.5) is 0 Å². The first-order chi connectivity index (χ1) is 7.20. The molecule has 0 aliphatic heterocycles. The van der Waals surface area contributed by atoms with Gasteiger partial charge in [0.25, 0.3) is 0 Å². The Hall–Kier alpha value is -1.49. The Morgan fingerprint density at radius 2 is 2.07 bits per heavy atom. The van der Waals surface area contributed by atoms with Crippen molar-refractivity contribution in [2.24, 2.45) is 0 Å². The van der Waals surface area contributed by atoms with Crippen molar-refractivity contribution in [2.45, 2.75) is 0 Å². The van der Waals surface area contributed by atoms with Gasteiger partial charge in [-0.25, -0.2) is 4.79 Å². The van der Waals surface area contributed by atoms with Crippen LogP contribution in [0.1, 0.15) is 10.4 Å². The van der Waals surface area contributed by atoms with E-state index in [1.807, 2.05) is 6.26 Å². The number of carbonyl (C=O) groups is 1. The molecule has 0 atom stereocenters. The summed E-state index contributed by atoms with van der Waals surface area (Å²) in [6.45, 7) is 0. The van der Waals surface area contributed by atoms with E-state index < -0.39 is 0 Å². The van der Waals surface area contributed by atoms with Crippen LogP contribution in [0.3, 0.4) is 0 Å². The zero-order valence-corrected chi connectivity index (χ0v) is 8.98. The van der Waals surface area contributed by atoms with Crippen molar-refractivity contribution in [1.29, 1.82) is 0 Å². The lowest BCUT2D eigenvalue weighted by Crippen LogP contribution is -2.01. The SMILES string of the molecule is CSCC(=O)c1ccc2[nH]c(=O)[nH]c2c1. The summed E-state index contributed by atoms with van der Waals surface area (Å²) in [6, 6.07) is 5.16. The molecule has 15 heavy (non-hydrogen) atoms. The third-order valence-corrected chi connectivity index (χ3v) is 2.66. The number of fused-ring (bicyclic) bond motifs is 1. The minimum Gasteiger partial charge on any atom is -0.306 e. The molecule has 0 bridgehead atoms. The highest BCUT2D eigenvalue weighted by atomic mass is 32.2. The van der Waals surface area contributed by atoms with Gasteiger partial charge < -0.3 is 9.97 Å². The lowest BCUT2D eigenvalue weighted by molar-refractivity contribution is 0.102. The summed E-state index contributed by atoms with van der Waals surface area (Å²) in [7, 11) is 0. The summed E-state index contributed by atoms with van der Waals surface area (Å²) < 4.78 is 0. The smallest absolute Gasteiger partial charge is 0.306 e. The van der Waals surface area contributed by atoms with E-state index in [1.165, 1.54) is 11.8 Å². The molecular weight excluding hydrogens is 212 g/mol. The minimum absolute atomic E-state index is 0.0754. The molecule has 5 heteroatoms. The molecule has 0 amide bonds. The number of benzene rings is 1. The Morgan fingerprint density at radius 1 is 1.33 bits per heavy atom. The Kier molecular flexibility index (Phi) is 2.64. The molecule has 1 aromatic carbocycles. The average molecular weight is 222 g/mol. The Morgan fingerprint density at radius 3 is 2.80 bits per heavy atom. The molecule has 0 aliphatic rings. The van der Waals surface area contributed by atoms with Crippen LogP contribution in [0, 0.1) is 0 Å². The van der Waals surface area contributed by atoms with Crippen molar-refractivity contribution in [2.75, 3.05) is 12.0 Å². The summed E-state index contributed by atoms with van der Waals surface area (Å²) in [5.74, 6) is 0.534. The molecule has 0 radical (unpaired) electrons. The van der Waals surface area contributed by atoms with Gasteiger partial charge in [-0.05, 0) is 24.5 Å². The van der Waals surface area contributed by atoms with Crippen LogP contribution in [0.15, 0.2) is 23.0 Å². The molecule has 0 saturated carbocycles. The zero-order chi connectivity index (χ0) is 10.8. The fourth-order valence-electron chi connectivity index (χ4n) is 1.42. The maximum Gasteiger partial charge on any atom is 0.323 e. The number of hydrogen-bond acceptors (Lipinski definition) is 3. The standard InChI is InChI=1S/C10H10N2O2S/c1-15-5-9(13)6-2-3-7-8(4-6)12-10(14)11-7/h2-4H,5H2,1H3,(H2,11,12,14). The second-order valence-electron chi connectivity index (χ2n) is 3.20. The largest absolute Gasteiger partial charge is 0.323 e. The molecule has 0 spiro atoms. The van der Waals surface area contributed by atoms with Gasteiger partial charge in [-0.3, -0.25) is 4.79 Å². The van der Waals surface area contributed by atoms with Crippen molar-refractivity contribution in [3.63, 3.8) is 0 Å². The maximum absolute atomic E-state index is 11.6. The van der Waals surface area contributed by atoms with Gasteiger partial charge in [0.05, 0.1) is 16.8 Å². The quantitative estimate of drug-likeness (QED) is 0.771. The number of carbonyl (C=O) groups excluding carboxylic acids is 1. The minimum atomic E-state index is -0.250. The zero-order valence-electron chi connectivity index (χ0n) is 8.16. The number of nitrogens with one attached hydrogen (secondary N) is 2. The van der Waals surface area contributed by atoms with Crippen LogP contribution in [-0.2, 0) is 0 Å². The van der Waals surface area contributed by atoms with E-state index in [2.05, 4.69) is 9.97 Å². The fraction of sp³-hybridized carbons (Fsp3) is 0.200. The van der Waals surface area contributed by atoms with Gasteiger partial charge in [-0.2, -0.15) is 11.8 Å². The number of hydrogen-bond donors (Lipinski definition) is 2. The van der Waals surface area contributed by atoms with E-state index in [0.29, 0.717) is 16.8 Å². The summed E-state index contributed by atoms with van der Waals surface area (Å²) in [5, 5.41) is 0. The Labute approximate surface area is 90.1 Å². The Balaban J connectivity index is 2.46. The molecule has 4 nitrogen and oxygen atoms in total. The number of rotatable bonds is 3. The van der Waals surface area contributed by atoms with Gasteiger partial charge in [-0.15, -0.1) is 0 Å². The molecule has 0 unspecified atom stereocenters. The van der Waals surface area contributed by atoms with Gasteiger partial charge in [0.1, 0.15) is 0 Å². The van der Waals surface area contributed by atoms with Crippen LogP contribution >= 0.6 is 11.8 Å². The molecule has 0 fully saturated rings. The number of aromatic amines is 2. The number of H-pyrrole nitrogens is 2.